The van der Waals surface area contributed by atoms with E-state index in [-0.39, 0.29) is 23.4 Å². The quantitative estimate of drug-likeness (QED) is 0.559. The van der Waals surface area contributed by atoms with Gasteiger partial charge in [0, 0.05) is 17.1 Å². The first-order valence-electron chi connectivity index (χ1n) is 8.74. The van der Waals surface area contributed by atoms with Crippen LogP contribution in [-0.4, -0.2) is 35.1 Å². The highest BCUT2D eigenvalue weighted by Gasteiger charge is 2.30. The number of carbonyl (C=O) groups excluding carboxylic acids is 2. The van der Waals surface area contributed by atoms with E-state index < -0.39 is 5.25 Å². The van der Waals surface area contributed by atoms with Gasteiger partial charge in [-0.05, 0) is 48.9 Å². The molecule has 0 aromatic heterocycles. The van der Waals surface area contributed by atoms with Crippen LogP contribution in [0, 0.1) is 0 Å². The number of hydrogen-bond acceptors (Lipinski definition) is 6. The van der Waals surface area contributed by atoms with Gasteiger partial charge in [0.05, 0.1) is 12.8 Å². The maximum atomic E-state index is 12.6. The Morgan fingerprint density at radius 3 is 2.55 bits per heavy atom. The molecule has 1 atom stereocenters. The lowest BCUT2D eigenvalue weighted by atomic mass is 10.1. The summed E-state index contributed by atoms with van der Waals surface area (Å²) in [6, 6.07) is 14.2. The summed E-state index contributed by atoms with van der Waals surface area (Å²) in [5.41, 5.74) is 2.14. The Morgan fingerprint density at radius 2 is 1.90 bits per heavy atom. The monoisotopic (exact) mass is 430 g/mol. The Morgan fingerprint density at radius 1 is 1.21 bits per heavy atom. The van der Waals surface area contributed by atoms with Crippen LogP contribution in [-0.2, 0) is 9.59 Å². The highest BCUT2D eigenvalue weighted by atomic mass is 35.5. The predicted molar refractivity (Wildman–Crippen MR) is 117 cm³/mol. The maximum absolute atomic E-state index is 12.6. The minimum Gasteiger partial charge on any atom is -0.497 e. The van der Waals surface area contributed by atoms with Crippen LogP contribution in [0.3, 0.4) is 0 Å². The molecule has 1 heterocycles. The van der Waals surface area contributed by atoms with E-state index in [9.17, 15) is 9.59 Å². The van der Waals surface area contributed by atoms with E-state index in [1.54, 1.807) is 50.4 Å². The SMILES string of the molecule is COc1ccc(NC(=O)C2CC(=O)NC(=N/N=C(\C)c3ccc(Cl)cc3)S2)cc1. The van der Waals surface area contributed by atoms with Gasteiger partial charge in [-0.25, -0.2) is 0 Å². The van der Waals surface area contributed by atoms with Crippen molar-refractivity contribution in [3.05, 3.63) is 59.1 Å². The molecule has 1 aliphatic rings. The number of nitrogens with zero attached hydrogens (tertiary/aromatic N) is 2. The molecule has 2 N–H and O–H groups in total. The van der Waals surface area contributed by atoms with E-state index in [4.69, 9.17) is 16.3 Å². The van der Waals surface area contributed by atoms with Gasteiger partial charge in [0.15, 0.2) is 5.17 Å². The molecular formula is C20H19ClN4O3S. The van der Waals surface area contributed by atoms with Crippen molar-refractivity contribution in [3.8, 4) is 5.75 Å². The zero-order valence-electron chi connectivity index (χ0n) is 15.8. The van der Waals surface area contributed by atoms with Gasteiger partial charge in [-0.1, -0.05) is 35.5 Å². The van der Waals surface area contributed by atoms with Crippen molar-refractivity contribution in [2.75, 3.05) is 12.4 Å². The van der Waals surface area contributed by atoms with Gasteiger partial charge in [-0.2, -0.15) is 5.10 Å². The number of amides is 2. The normalized spacial score (nSPS) is 18.3. The van der Waals surface area contributed by atoms with Crippen LogP contribution in [0.1, 0.15) is 18.9 Å². The summed E-state index contributed by atoms with van der Waals surface area (Å²) < 4.78 is 5.10. The molecule has 7 nitrogen and oxygen atoms in total. The van der Waals surface area contributed by atoms with Gasteiger partial charge in [0.2, 0.25) is 11.8 Å². The van der Waals surface area contributed by atoms with Crippen molar-refractivity contribution in [1.82, 2.24) is 5.32 Å². The van der Waals surface area contributed by atoms with E-state index in [1.807, 2.05) is 12.1 Å². The minimum absolute atomic E-state index is 0.0611. The Kier molecular flexibility index (Phi) is 6.90. The summed E-state index contributed by atoms with van der Waals surface area (Å²) >= 11 is 7.05. The summed E-state index contributed by atoms with van der Waals surface area (Å²) in [4.78, 5) is 24.6. The number of hydrogen-bond donors (Lipinski definition) is 2. The van der Waals surface area contributed by atoms with E-state index in [2.05, 4.69) is 20.8 Å². The Hall–Kier alpha value is -2.84. The smallest absolute Gasteiger partial charge is 0.238 e. The molecule has 2 amide bonds. The lowest BCUT2D eigenvalue weighted by molar-refractivity contribution is -0.123. The number of nitrogens with one attached hydrogen (secondary N) is 2. The summed E-state index contributed by atoms with van der Waals surface area (Å²) in [6.45, 7) is 1.80. The third-order valence-corrected chi connectivity index (χ3v) is 5.40. The molecule has 2 aromatic rings. The van der Waals surface area contributed by atoms with Crippen LogP contribution in [0.25, 0.3) is 0 Å². The van der Waals surface area contributed by atoms with Crippen molar-refractivity contribution in [2.24, 2.45) is 10.2 Å². The van der Waals surface area contributed by atoms with Gasteiger partial charge in [-0.15, -0.1) is 5.10 Å². The van der Waals surface area contributed by atoms with Crippen molar-refractivity contribution in [2.45, 2.75) is 18.6 Å². The number of ether oxygens (including phenoxy) is 1. The standard InChI is InChI=1S/C20H19ClN4O3S/c1-12(13-3-5-14(21)6-4-13)24-25-20-23-18(26)11-17(29-20)19(27)22-15-7-9-16(28-2)10-8-15/h3-10,17H,11H2,1-2H3,(H,22,27)(H,23,25,26)/b24-12+. The molecule has 0 saturated carbocycles. The second-order valence-electron chi connectivity index (χ2n) is 6.17. The third-order valence-electron chi connectivity index (χ3n) is 4.07. The van der Waals surface area contributed by atoms with Crippen molar-refractivity contribution < 1.29 is 14.3 Å². The first-order chi connectivity index (χ1) is 13.9. The second-order valence-corrected chi connectivity index (χ2v) is 7.80. The Labute approximate surface area is 177 Å². The van der Waals surface area contributed by atoms with E-state index in [0.717, 1.165) is 17.3 Å². The van der Waals surface area contributed by atoms with Crippen LogP contribution in [0.5, 0.6) is 5.75 Å². The summed E-state index contributed by atoms with van der Waals surface area (Å²) in [7, 11) is 1.57. The van der Waals surface area contributed by atoms with Crippen LogP contribution < -0.4 is 15.4 Å². The van der Waals surface area contributed by atoms with Crippen molar-refractivity contribution >= 4 is 51.7 Å². The minimum atomic E-state index is -0.601. The number of amidine groups is 1. The topological polar surface area (TPSA) is 92.1 Å². The van der Waals surface area contributed by atoms with Crippen LogP contribution in [0.4, 0.5) is 5.69 Å². The average molecular weight is 431 g/mol. The molecule has 150 valence electrons. The molecule has 0 spiro atoms. The molecule has 0 bridgehead atoms. The number of anilines is 1. The number of methoxy groups -OCH3 is 1. The molecule has 1 saturated heterocycles. The van der Waals surface area contributed by atoms with Gasteiger partial charge >= 0.3 is 0 Å². The molecule has 0 aliphatic carbocycles. The Balaban J connectivity index is 1.67. The first kappa shape index (κ1) is 20.9. The molecule has 1 fully saturated rings. The van der Waals surface area contributed by atoms with Crippen LogP contribution in [0.15, 0.2) is 58.7 Å². The molecule has 0 radical (unpaired) electrons. The van der Waals surface area contributed by atoms with Gasteiger partial charge in [-0.3, -0.25) is 9.59 Å². The highest BCUT2D eigenvalue weighted by molar-refractivity contribution is 8.15. The lowest BCUT2D eigenvalue weighted by Gasteiger charge is -2.21. The molecule has 9 heteroatoms. The molecule has 3 rings (SSSR count). The number of halogens is 1. The predicted octanol–water partition coefficient (Wildman–Crippen LogP) is 3.69. The van der Waals surface area contributed by atoms with E-state index >= 15 is 0 Å². The molecule has 1 aliphatic heterocycles. The zero-order chi connectivity index (χ0) is 20.8. The third kappa shape index (κ3) is 5.82. The fourth-order valence-corrected chi connectivity index (χ4v) is 3.56. The average Bonchev–Trinajstić information content (AvgIpc) is 2.72. The molecular weight excluding hydrogens is 412 g/mol. The number of rotatable bonds is 5. The second kappa shape index (κ2) is 9.58. The fraction of sp³-hybridized carbons (Fsp3) is 0.200. The fourth-order valence-electron chi connectivity index (χ4n) is 2.51. The van der Waals surface area contributed by atoms with Crippen LogP contribution in [0.2, 0.25) is 5.02 Å². The number of carbonyl (C=O) groups is 2. The van der Waals surface area contributed by atoms with Crippen LogP contribution >= 0.6 is 23.4 Å². The maximum Gasteiger partial charge on any atom is 0.238 e. The van der Waals surface area contributed by atoms with Gasteiger partial charge in [0.1, 0.15) is 11.0 Å². The highest BCUT2D eigenvalue weighted by Crippen LogP contribution is 2.23. The summed E-state index contributed by atoms with van der Waals surface area (Å²) in [5.74, 6) is 0.135. The zero-order valence-corrected chi connectivity index (χ0v) is 17.4. The molecule has 1 unspecified atom stereocenters. The molecule has 29 heavy (non-hydrogen) atoms. The summed E-state index contributed by atoms with van der Waals surface area (Å²) in [5, 5.41) is 14.0. The number of benzene rings is 2. The summed E-state index contributed by atoms with van der Waals surface area (Å²) in [6.07, 6.45) is 0.0611. The first-order valence-corrected chi connectivity index (χ1v) is 10.00. The van der Waals surface area contributed by atoms with Gasteiger partial charge < -0.3 is 15.4 Å². The number of thioether (sulfide) groups is 1. The molecule has 2 aromatic carbocycles. The van der Waals surface area contributed by atoms with Gasteiger partial charge in [0.25, 0.3) is 0 Å². The largest absolute Gasteiger partial charge is 0.497 e. The lowest BCUT2D eigenvalue weighted by Crippen LogP contribution is -2.41. The van der Waals surface area contributed by atoms with E-state index in [1.165, 1.54) is 0 Å². The van der Waals surface area contributed by atoms with E-state index in [0.29, 0.717) is 22.2 Å². The van der Waals surface area contributed by atoms with Crippen molar-refractivity contribution in [1.29, 1.82) is 0 Å². The Bertz CT molecular complexity index is 959. The van der Waals surface area contributed by atoms with Crippen molar-refractivity contribution in [3.63, 3.8) is 0 Å².